The van der Waals surface area contributed by atoms with Crippen LogP contribution in [-0.2, 0) is 4.79 Å². The Balaban J connectivity index is 2.64. The molecule has 0 spiro atoms. The zero-order chi connectivity index (χ0) is 13.5. The van der Waals surface area contributed by atoms with Crippen molar-refractivity contribution in [3.05, 3.63) is 0 Å². The molecule has 0 radical (unpaired) electrons. The van der Waals surface area contributed by atoms with E-state index >= 15 is 0 Å². The molecule has 1 saturated heterocycles. The minimum Gasteiger partial charge on any atom is -0.393 e. The molecular formula is C14H28N2O2. The first kappa shape index (κ1) is 15.4. The van der Waals surface area contributed by atoms with Crippen LogP contribution in [0.5, 0.6) is 0 Å². The average Bonchev–Trinajstić information content (AvgIpc) is 2.38. The van der Waals surface area contributed by atoms with Crippen molar-refractivity contribution in [3.63, 3.8) is 0 Å². The van der Waals surface area contributed by atoms with Gasteiger partial charge in [0.25, 0.3) is 0 Å². The van der Waals surface area contributed by atoms with Crippen molar-refractivity contribution >= 4 is 5.91 Å². The average molecular weight is 256 g/mol. The van der Waals surface area contributed by atoms with Crippen LogP contribution in [0, 0.1) is 5.92 Å². The first-order chi connectivity index (χ1) is 8.62. The number of nitrogens with zero attached hydrogens (tertiary/aromatic N) is 1. The lowest BCUT2D eigenvalue weighted by atomic mass is 9.88. The van der Waals surface area contributed by atoms with Crippen molar-refractivity contribution in [2.24, 2.45) is 5.92 Å². The third-order valence-electron chi connectivity index (χ3n) is 3.75. The second kappa shape index (κ2) is 7.74. The minimum atomic E-state index is -0.289. The fourth-order valence-corrected chi connectivity index (χ4v) is 2.76. The molecule has 1 amide bonds. The van der Waals surface area contributed by atoms with E-state index < -0.39 is 0 Å². The van der Waals surface area contributed by atoms with E-state index in [4.69, 9.17) is 0 Å². The highest BCUT2D eigenvalue weighted by atomic mass is 16.3. The van der Waals surface area contributed by atoms with Crippen LogP contribution in [0.3, 0.4) is 0 Å². The summed E-state index contributed by atoms with van der Waals surface area (Å²) >= 11 is 0. The van der Waals surface area contributed by atoms with Crippen LogP contribution >= 0.6 is 0 Å². The van der Waals surface area contributed by atoms with Crippen molar-refractivity contribution in [3.8, 4) is 0 Å². The molecule has 1 aliphatic heterocycles. The van der Waals surface area contributed by atoms with Gasteiger partial charge in [-0.2, -0.15) is 0 Å². The van der Waals surface area contributed by atoms with Gasteiger partial charge in [0.1, 0.15) is 0 Å². The third kappa shape index (κ3) is 4.25. The minimum absolute atomic E-state index is 0.216. The molecular weight excluding hydrogens is 228 g/mol. The van der Waals surface area contributed by atoms with Crippen molar-refractivity contribution in [2.75, 3.05) is 19.6 Å². The molecule has 0 aromatic heterocycles. The van der Waals surface area contributed by atoms with Crippen molar-refractivity contribution in [2.45, 2.75) is 58.6 Å². The van der Waals surface area contributed by atoms with Gasteiger partial charge in [-0.05, 0) is 25.8 Å². The van der Waals surface area contributed by atoms with E-state index in [2.05, 4.69) is 12.2 Å². The standard InChI is InChI=1S/C14H28N2O2/c1-4-7-14(18)16-9-11(13(17)5-2)8-12(10-16)15-6-3/h11-13,15,17H,4-10H2,1-3H3. The molecule has 0 aromatic rings. The number of likely N-dealkylation sites (tertiary alicyclic amines) is 1. The van der Waals surface area contributed by atoms with Crippen LogP contribution in [0.2, 0.25) is 0 Å². The van der Waals surface area contributed by atoms with Gasteiger partial charge in [0.15, 0.2) is 0 Å². The first-order valence-electron chi connectivity index (χ1n) is 7.31. The van der Waals surface area contributed by atoms with Crippen LogP contribution < -0.4 is 5.32 Å². The summed E-state index contributed by atoms with van der Waals surface area (Å²) in [5, 5.41) is 13.4. The molecule has 2 N–H and O–H groups in total. The SMILES string of the molecule is CCCC(=O)N1CC(NCC)CC(C(O)CC)C1. The monoisotopic (exact) mass is 256 g/mol. The Hall–Kier alpha value is -0.610. The highest BCUT2D eigenvalue weighted by Crippen LogP contribution is 2.22. The molecule has 0 aromatic carbocycles. The summed E-state index contributed by atoms with van der Waals surface area (Å²) in [6.07, 6.45) is 2.96. The predicted octanol–water partition coefficient (Wildman–Crippen LogP) is 1.38. The number of amides is 1. The maximum absolute atomic E-state index is 12.0. The zero-order valence-electron chi connectivity index (χ0n) is 12.0. The molecule has 0 aliphatic carbocycles. The lowest BCUT2D eigenvalue weighted by molar-refractivity contribution is -0.134. The number of aliphatic hydroxyl groups is 1. The lowest BCUT2D eigenvalue weighted by Gasteiger charge is -2.40. The zero-order valence-corrected chi connectivity index (χ0v) is 12.0. The maximum atomic E-state index is 12.0. The third-order valence-corrected chi connectivity index (χ3v) is 3.75. The summed E-state index contributed by atoms with van der Waals surface area (Å²) < 4.78 is 0. The number of aliphatic hydroxyl groups excluding tert-OH is 1. The van der Waals surface area contributed by atoms with Gasteiger partial charge in [-0.25, -0.2) is 0 Å². The number of rotatable bonds is 6. The molecule has 3 atom stereocenters. The normalized spacial score (nSPS) is 26.1. The Bertz CT molecular complexity index is 258. The van der Waals surface area contributed by atoms with Crippen molar-refractivity contribution < 1.29 is 9.90 Å². The molecule has 106 valence electrons. The van der Waals surface area contributed by atoms with Gasteiger partial charge in [0.2, 0.25) is 5.91 Å². The van der Waals surface area contributed by atoms with Crippen molar-refractivity contribution in [1.29, 1.82) is 0 Å². The molecule has 0 bridgehead atoms. The Morgan fingerprint density at radius 2 is 2.11 bits per heavy atom. The topological polar surface area (TPSA) is 52.6 Å². The van der Waals surface area contributed by atoms with E-state index in [0.717, 1.165) is 38.9 Å². The van der Waals surface area contributed by atoms with E-state index in [1.807, 2.05) is 18.7 Å². The first-order valence-corrected chi connectivity index (χ1v) is 7.31. The van der Waals surface area contributed by atoms with E-state index in [1.54, 1.807) is 0 Å². The van der Waals surface area contributed by atoms with Gasteiger partial charge in [-0.1, -0.05) is 20.8 Å². The van der Waals surface area contributed by atoms with Crippen LogP contribution in [0.15, 0.2) is 0 Å². The second-order valence-electron chi connectivity index (χ2n) is 5.27. The largest absolute Gasteiger partial charge is 0.393 e. The summed E-state index contributed by atoms with van der Waals surface area (Å²) in [5.74, 6) is 0.446. The van der Waals surface area contributed by atoms with E-state index in [9.17, 15) is 9.90 Å². The molecule has 4 heteroatoms. The van der Waals surface area contributed by atoms with Crippen LogP contribution in [0.4, 0.5) is 0 Å². The Kier molecular flexibility index (Phi) is 6.65. The van der Waals surface area contributed by atoms with Gasteiger partial charge in [-0.15, -0.1) is 0 Å². The van der Waals surface area contributed by atoms with Gasteiger partial charge >= 0.3 is 0 Å². The van der Waals surface area contributed by atoms with E-state index in [0.29, 0.717) is 12.5 Å². The number of carbonyl (C=O) groups is 1. The van der Waals surface area contributed by atoms with Gasteiger partial charge < -0.3 is 15.3 Å². The lowest BCUT2D eigenvalue weighted by Crippen LogP contribution is -2.53. The Labute approximate surface area is 111 Å². The number of hydrogen-bond donors (Lipinski definition) is 2. The molecule has 1 rings (SSSR count). The van der Waals surface area contributed by atoms with Crippen LogP contribution in [0.25, 0.3) is 0 Å². The summed E-state index contributed by atoms with van der Waals surface area (Å²) in [5.41, 5.74) is 0. The number of hydrogen-bond acceptors (Lipinski definition) is 3. The Morgan fingerprint density at radius 1 is 1.39 bits per heavy atom. The molecule has 4 nitrogen and oxygen atoms in total. The second-order valence-corrected chi connectivity index (χ2v) is 5.27. The quantitative estimate of drug-likeness (QED) is 0.755. The van der Waals surface area contributed by atoms with Gasteiger partial charge in [-0.3, -0.25) is 4.79 Å². The molecule has 1 fully saturated rings. The predicted molar refractivity (Wildman–Crippen MR) is 73.4 cm³/mol. The highest BCUT2D eigenvalue weighted by molar-refractivity contribution is 5.76. The van der Waals surface area contributed by atoms with Crippen LogP contribution in [0.1, 0.15) is 46.5 Å². The fraction of sp³-hybridized carbons (Fsp3) is 0.929. The highest BCUT2D eigenvalue weighted by Gasteiger charge is 2.32. The summed E-state index contributed by atoms with van der Waals surface area (Å²) in [6.45, 7) is 8.53. The Morgan fingerprint density at radius 3 is 2.67 bits per heavy atom. The maximum Gasteiger partial charge on any atom is 0.222 e. The fourth-order valence-electron chi connectivity index (χ4n) is 2.76. The van der Waals surface area contributed by atoms with E-state index in [-0.39, 0.29) is 17.9 Å². The number of carbonyl (C=O) groups excluding carboxylic acids is 1. The molecule has 0 saturated carbocycles. The number of likely N-dealkylation sites (N-methyl/N-ethyl adjacent to an activating group) is 1. The smallest absolute Gasteiger partial charge is 0.222 e. The van der Waals surface area contributed by atoms with Gasteiger partial charge in [0, 0.05) is 31.5 Å². The number of nitrogens with one attached hydrogen (secondary N) is 1. The summed E-state index contributed by atoms with van der Waals surface area (Å²) in [6, 6.07) is 0.329. The molecule has 1 aliphatic rings. The number of piperidine rings is 1. The van der Waals surface area contributed by atoms with E-state index in [1.165, 1.54) is 0 Å². The molecule has 1 heterocycles. The van der Waals surface area contributed by atoms with Crippen LogP contribution in [-0.4, -0.2) is 47.7 Å². The van der Waals surface area contributed by atoms with Crippen molar-refractivity contribution in [1.82, 2.24) is 10.2 Å². The summed E-state index contributed by atoms with van der Waals surface area (Å²) in [4.78, 5) is 14.0. The van der Waals surface area contributed by atoms with Gasteiger partial charge in [0.05, 0.1) is 6.10 Å². The molecule has 18 heavy (non-hydrogen) atoms. The summed E-state index contributed by atoms with van der Waals surface area (Å²) in [7, 11) is 0. The molecule has 3 unspecified atom stereocenters.